The van der Waals surface area contributed by atoms with Crippen LogP contribution in [0.15, 0.2) is 12.1 Å². The molecule has 0 bridgehead atoms. The molecule has 1 saturated heterocycles. The summed E-state index contributed by atoms with van der Waals surface area (Å²) in [5, 5.41) is 0. The van der Waals surface area contributed by atoms with Gasteiger partial charge in [-0.05, 0) is 19.1 Å². The Morgan fingerprint density at radius 3 is 2.81 bits per heavy atom. The van der Waals surface area contributed by atoms with E-state index in [4.69, 9.17) is 4.74 Å². The lowest BCUT2D eigenvalue weighted by Crippen LogP contribution is -2.37. The summed E-state index contributed by atoms with van der Waals surface area (Å²) < 4.78 is 5.27. The molecule has 0 aliphatic carbocycles. The SMILES string of the molecule is Cc1ccc(C(=O)CCN2CCOCC2)s1. The van der Waals surface area contributed by atoms with Crippen molar-refractivity contribution < 1.29 is 9.53 Å². The van der Waals surface area contributed by atoms with Gasteiger partial charge in [-0.1, -0.05) is 0 Å². The van der Waals surface area contributed by atoms with Crippen molar-refractivity contribution in [2.75, 3.05) is 32.8 Å². The van der Waals surface area contributed by atoms with Gasteiger partial charge in [0.2, 0.25) is 0 Å². The number of Topliss-reactive ketones (excluding diaryl/α,β-unsaturated/α-hetero) is 1. The van der Waals surface area contributed by atoms with Crippen molar-refractivity contribution in [3.8, 4) is 0 Å². The third-order valence-corrected chi connectivity index (χ3v) is 3.82. The van der Waals surface area contributed by atoms with Crippen LogP contribution in [0, 0.1) is 6.92 Å². The van der Waals surface area contributed by atoms with Crippen LogP contribution < -0.4 is 0 Å². The Kier molecular flexibility index (Phi) is 4.09. The maximum atomic E-state index is 11.9. The van der Waals surface area contributed by atoms with Crippen molar-refractivity contribution in [3.05, 3.63) is 21.9 Å². The zero-order valence-electron chi connectivity index (χ0n) is 9.57. The van der Waals surface area contributed by atoms with Crippen molar-refractivity contribution in [3.63, 3.8) is 0 Å². The van der Waals surface area contributed by atoms with Gasteiger partial charge in [-0.3, -0.25) is 9.69 Å². The van der Waals surface area contributed by atoms with Crippen LogP contribution in [-0.4, -0.2) is 43.5 Å². The summed E-state index contributed by atoms with van der Waals surface area (Å²) in [6.07, 6.45) is 0.625. The molecule has 0 unspecified atom stereocenters. The number of nitrogens with zero attached hydrogens (tertiary/aromatic N) is 1. The number of ketones is 1. The van der Waals surface area contributed by atoms with Crippen LogP contribution in [0.5, 0.6) is 0 Å². The summed E-state index contributed by atoms with van der Waals surface area (Å²) in [7, 11) is 0. The van der Waals surface area contributed by atoms with E-state index < -0.39 is 0 Å². The van der Waals surface area contributed by atoms with E-state index in [1.165, 1.54) is 4.88 Å². The molecule has 2 heterocycles. The summed E-state index contributed by atoms with van der Waals surface area (Å²) in [5.41, 5.74) is 0. The number of carbonyl (C=O) groups excluding carboxylic acids is 1. The van der Waals surface area contributed by atoms with E-state index in [0.29, 0.717) is 6.42 Å². The molecule has 1 aromatic heterocycles. The third kappa shape index (κ3) is 3.14. The molecule has 88 valence electrons. The maximum Gasteiger partial charge on any atom is 0.174 e. The fourth-order valence-corrected chi connectivity index (χ4v) is 2.63. The molecule has 4 heteroatoms. The number of aryl methyl sites for hydroxylation is 1. The molecule has 1 aliphatic heterocycles. The molecule has 0 radical (unpaired) electrons. The predicted octanol–water partition coefficient (Wildman–Crippen LogP) is 1.96. The van der Waals surface area contributed by atoms with E-state index >= 15 is 0 Å². The van der Waals surface area contributed by atoms with Gasteiger partial charge in [-0.15, -0.1) is 11.3 Å². The average Bonchev–Trinajstić information content (AvgIpc) is 2.74. The normalized spacial score (nSPS) is 17.6. The molecule has 0 spiro atoms. The number of carbonyl (C=O) groups is 1. The highest BCUT2D eigenvalue weighted by molar-refractivity contribution is 7.14. The van der Waals surface area contributed by atoms with E-state index in [9.17, 15) is 4.79 Å². The molecule has 1 aromatic rings. The zero-order valence-corrected chi connectivity index (χ0v) is 10.4. The number of rotatable bonds is 4. The van der Waals surface area contributed by atoms with Gasteiger partial charge in [0.15, 0.2) is 5.78 Å². The third-order valence-electron chi connectivity index (χ3n) is 2.77. The van der Waals surface area contributed by atoms with Crippen LogP contribution in [0.1, 0.15) is 21.0 Å². The van der Waals surface area contributed by atoms with Crippen LogP contribution in [0.4, 0.5) is 0 Å². The molecule has 2 rings (SSSR count). The van der Waals surface area contributed by atoms with E-state index in [0.717, 1.165) is 37.7 Å². The van der Waals surface area contributed by atoms with Crippen molar-refractivity contribution in [2.45, 2.75) is 13.3 Å². The lowest BCUT2D eigenvalue weighted by Gasteiger charge is -2.26. The number of hydrogen-bond donors (Lipinski definition) is 0. The minimum Gasteiger partial charge on any atom is -0.379 e. The molecule has 3 nitrogen and oxygen atoms in total. The topological polar surface area (TPSA) is 29.5 Å². The molecule has 0 atom stereocenters. The van der Waals surface area contributed by atoms with Gasteiger partial charge < -0.3 is 4.74 Å². The summed E-state index contributed by atoms with van der Waals surface area (Å²) in [5.74, 6) is 0.268. The first kappa shape index (κ1) is 11.8. The van der Waals surface area contributed by atoms with Crippen molar-refractivity contribution in [1.82, 2.24) is 4.90 Å². The smallest absolute Gasteiger partial charge is 0.174 e. The molecule has 0 N–H and O–H groups in total. The van der Waals surface area contributed by atoms with Gasteiger partial charge >= 0.3 is 0 Å². The Morgan fingerprint density at radius 1 is 1.44 bits per heavy atom. The summed E-state index contributed by atoms with van der Waals surface area (Å²) in [6, 6.07) is 3.94. The fraction of sp³-hybridized carbons (Fsp3) is 0.583. The van der Waals surface area contributed by atoms with Gasteiger partial charge in [0.05, 0.1) is 18.1 Å². The summed E-state index contributed by atoms with van der Waals surface area (Å²) in [6.45, 7) is 6.40. The second-order valence-electron chi connectivity index (χ2n) is 4.04. The second kappa shape index (κ2) is 5.57. The monoisotopic (exact) mass is 239 g/mol. The highest BCUT2D eigenvalue weighted by Gasteiger charge is 2.13. The second-order valence-corrected chi connectivity index (χ2v) is 5.33. The lowest BCUT2D eigenvalue weighted by molar-refractivity contribution is 0.0370. The Morgan fingerprint density at radius 2 is 2.19 bits per heavy atom. The Hall–Kier alpha value is -0.710. The lowest BCUT2D eigenvalue weighted by atomic mass is 10.2. The van der Waals surface area contributed by atoms with Crippen molar-refractivity contribution >= 4 is 17.1 Å². The van der Waals surface area contributed by atoms with Crippen LogP contribution in [0.2, 0.25) is 0 Å². The van der Waals surface area contributed by atoms with E-state index in [-0.39, 0.29) is 5.78 Å². The highest BCUT2D eigenvalue weighted by Crippen LogP contribution is 2.17. The molecular weight excluding hydrogens is 222 g/mol. The highest BCUT2D eigenvalue weighted by atomic mass is 32.1. The Bertz CT molecular complexity index is 356. The van der Waals surface area contributed by atoms with Gasteiger partial charge in [-0.25, -0.2) is 0 Å². The largest absolute Gasteiger partial charge is 0.379 e. The van der Waals surface area contributed by atoms with E-state index in [2.05, 4.69) is 4.90 Å². The summed E-state index contributed by atoms with van der Waals surface area (Å²) >= 11 is 1.59. The standard InChI is InChI=1S/C12H17NO2S/c1-10-2-3-12(16-10)11(14)4-5-13-6-8-15-9-7-13/h2-3H,4-9H2,1H3. The van der Waals surface area contributed by atoms with E-state index in [1.807, 2.05) is 19.1 Å². The van der Waals surface area contributed by atoms with Crippen LogP contribution in [-0.2, 0) is 4.74 Å². The number of morpholine rings is 1. The van der Waals surface area contributed by atoms with Crippen molar-refractivity contribution in [2.24, 2.45) is 0 Å². The maximum absolute atomic E-state index is 11.9. The molecule has 1 fully saturated rings. The summed E-state index contributed by atoms with van der Waals surface area (Å²) in [4.78, 5) is 16.2. The predicted molar refractivity (Wildman–Crippen MR) is 65.3 cm³/mol. The quantitative estimate of drug-likeness (QED) is 0.752. The molecule has 0 aromatic carbocycles. The average molecular weight is 239 g/mol. The molecule has 0 amide bonds. The Labute approximate surface area is 100 Å². The zero-order chi connectivity index (χ0) is 11.4. The molecule has 0 saturated carbocycles. The van der Waals surface area contributed by atoms with Gasteiger partial charge in [0.1, 0.15) is 0 Å². The molecule has 16 heavy (non-hydrogen) atoms. The molecular formula is C12H17NO2S. The van der Waals surface area contributed by atoms with Gasteiger partial charge in [-0.2, -0.15) is 0 Å². The van der Waals surface area contributed by atoms with Gasteiger partial charge in [0, 0.05) is 30.9 Å². The van der Waals surface area contributed by atoms with Crippen LogP contribution >= 0.6 is 11.3 Å². The fourth-order valence-electron chi connectivity index (χ4n) is 1.79. The van der Waals surface area contributed by atoms with E-state index in [1.54, 1.807) is 11.3 Å². The van der Waals surface area contributed by atoms with Gasteiger partial charge in [0.25, 0.3) is 0 Å². The number of ether oxygens (including phenoxy) is 1. The van der Waals surface area contributed by atoms with Crippen LogP contribution in [0.25, 0.3) is 0 Å². The first-order valence-electron chi connectivity index (χ1n) is 5.65. The first-order valence-corrected chi connectivity index (χ1v) is 6.47. The minimum absolute atomic E-state index is 0.268. The Balaban J connectivity index is 1.79. The first-order chi connectivity index (χ1) is 7.75. The van der Waals surface area contributed by atoms with Crippen LogP contribution in [0.3, 0.4) is 0 Å². The number of thiophene rings is 1. The molecule has 1 aliphatic rings. The number of hydrogen-bond acceptors (Lipinski definition) is 4. The van der Waals surface area contributed by atoms with Crippen molar-refractivity contribution in [1.29, 1.82) is 0 Å². The minimum atomic E-state index is 0.268.